The zero-order valence-electron chi connectivity index (χ0n) is 10.7. The first-order chi connectivity index (χ1) is 9.43. The molecule has 4 nitrogen and oxygen atoms in total. The highest BCUT2D eigenvalue weighted by molar-refractivity contribution is 6.34. The van der Waals surface area contributed by atoms with E-state index in [0.29, 0.717) is 28.4 Å². The summed E-state index contributed by atoms with van der Waals surface area (Å²) >= 11 is 11.9. The van der Waals surface area contributed by atoms with Gasteiger partial charge in [-0.3, -0.25) is 4.68 Å². The molecule has 2 aromatic rings. The van der Waals surface area contributed by atoms with Crippen molar-refractivity contribution in [2.75, 3.05) is 0 Å². The molecule has 0 radical (unpaired) electrons. The van der Waals surface area contributed by atoms with Gasteiger partial charge in [0.05, 0.1) is 22.0 Å². The molecule has 8 heteroatoms. The number of hydrogen-bond donors (Lipinski definition) is 0. The molecule has 0 fully saturated rings. The molecule has 0 N–H and O–H groups in total. The molecule has 0 spiro atoms. The van der Waals surface area contributed by atoms with Crippen molar-refractivity contribution < 1.29 is 13.5 Å². The summed E-state index contributed by atoms with van der Waals surface area (Å²) in [5.41, 5.74) is 1.44. The maximum Gasteiger partial charge on any atom is 0.387 e. The molecule has 0 aliphatic carbocycles. The van der Waals surface area contributed by atoms with Gasteiger partial charge in [-0.25, -0.2) is 4.98 Å². The van der Waals surface area contributed by atoms with Gasteiger partial charge >= 0.3 is 6.61 Å². The van der Waals surface area contributed by atoms with E-state index >= 15 is 0 Å². The van der Waals surface area contributed by atoms with Gasteiger partial charge in [0.2, 0.25) is 0 Å². The van der Waals surface area contributed by atoms with Crippen molar-refractivity contribution in [2.24, 2.45) is 7.05 Å². The molecule has 0 unspecified atom stereocenters. The lowest BCUT2D eigenvalue weighted by atomic mass is 10.1. The molecule has 0 bridgehead atoms. The van der Waals surface area contributed by atoms with Crippen LogP contribution in [-0.4, -0.2) is 21.4 Å². The summed E-state index contributed by atoms with van der Waals surface area (Å²) in [7, 11) is 1.67. The van der Waals surface area contributed by atoms with Crippen molar-refractivity contribution in [1.29, 1.82) is 0 Å². The van der Waals surface area contributed by atoms with E-state index in [1.54, 1.807) is 7.05 Å². The Kier molecular flexibility index (Phi) is 4.45. The van der Waals surface area contributed by atoms with Crippen molar-refractivity contribution in [3.05, 3.63) is 28.1 Å². The normalized spacial score (nSPS) is 11.2. The second-order valence-electron chi connectivity index (χ2n) is 3.97. The van der Waals surface area contributed by atoms with E-state index in [4.69, 9.17) is 23.2 Å². The molecule has 0 aromatic carbocycles. The molecule has 2 rings (SSSR count). The Bertz CT molecular complexity index is 631. The van der Waals surface area contributed by atoms with Crippen molar-refractivity contribution >= 4 is 23.2 Å². The molecule has 0 saturated carbocycles. The van der Waals surface area contributed by atoms with E-state index in [1.807, 2.05) is 6.92 Å². The molecule has 0 saturated heterocycles. The number of pyridine rings is 1. The Morgan fingerprint density at radius 1 is 1.40 bits per heavy atom. The predicted octanol–water partition coefficient (Wildman–Crippen LogP) is 3.95. The molecular weight excluding hydrogens is 311 g/mol. The largest absolute Gasteiger partial charge is 0.434 e. The fourth-order valence-corrected chi connectivity index (χ4v) is 2.40. The number of ether oxygens (including phenoxy) is 1. The van der Waals surface area contributed by atoms with Crippen LogP contribution in [-0.2, 0) is 13.5 Å². The predicted molar refractivity (Wildman–Crippen MR) is 72.5 cm³/mol. The fraction of sp³-hybridized carbons (Fsp3) is 0.333. The first-order valence-corrected chi connectivity index (χ1v) is 6.51. The van der Waals surface area contributed by atoms with Gasteiger partial charge in [0, 0.05) is 19.3 Å². The minimum Gasteiger partial charge on any atom is -0.434 e. The lowest BCUT2D eigenvalue weighted by molar-refractivity contribution is -0.0495. The van der Waals surface area contributed by atoms with E-state index < -0.39 is 6.61 Å². The Labute approximate surface area is 124 Å². The van der Waals surface area contributed by atoms with Crippen LogP contribution in [0.2, 0.25) is 10.2 Å². The Morgan fingerprint density at radius 2 is 2.10 bits per heavy atom. The van der Waals surface area contributed by atoms with Gasteiger partial charge in [0.1, 0.15) is 10.9 Å². The molecule has 0 aliphatic heterocycles. The van der Waals surface area contributed by atoms with Crippen LogP contribution in [0.15, 0.2) is 12.3 Å². The number of nitrogens with zero attached hydrogens (tertiary/aromatic N) is 3. The van der Waals surface area contributed by atoms with Crippen molar-refractivity contribution in [3.63, 3.8) is 0 Å². The third-order valence-electron chi connectivity index (χ3n) is 2.69. The lowest BCUT2D eigenvalue weighted by Crippen LogP contribution is -2.05. The number of halogens is 4. The van der Waals surface area contributed by atoms with Crippen LogP contribution in [0, 0.1) is 0 Å². The van der Waals surface area contributed by atoms with Crippen LogP contribution in [0.25, 0.3) is 11.3 Å². The Hall–Kier alpha value is -1.40. The summed E-state index contributed by atoms with van der Waals surface area (Å²) in [5, 5.41) is 4.67. The van der Waals surface area contributed by atoms with E-state index in [1.165, 1.54) is 16.9 Å². The summed E-state index contributed by atoms with van der Waals surface area (Å²) in [4.78, 5) is 3.88. The SMILES string of the molecule is CCc1nn(C)c(-c2cnc(Cl)cc2OC(F)F)c1Cl. The molecule has 2 aromatic heterocycles. The van der Waals surface area contributed by atoms with Gasteiger partial charge in [0.25, 0.3) is 0 Å². The maximum absolute atomic E-state index is 12.5. The molecule has 20 heavy (non-hydrogen) atoms. The number of alkyl halides is 2. The van der Waals surface area contributed by atoms with Crippen LogP contribution in [0.5, 0.6) is 5.75 Å². The first-order valence-electron chi connectivity index (χ1n) is 5.76. The second-order valence-corrected chi connectivity index (χ2v) is 4.73. The lowest BCUT2D eigenvalue weighted by Gasteiger charge is -2.11. The maximum atomic E-state index is 12.5. The summed E-state index contributed by atoms with van der Waals surface area (Å²) in [6.45, 7) is -1.07. The molecule has 0 atom stereocenters. The fourth-order valence-electron chi connectivity index (χ4n) is 1.86. The molecule has 2 heterocycles. The third-order valence-corrected chi connectivity index (χ3v) is 3.30. The van der Waals surface area contributed by atoms with Crippen LogP contribution in [0.3, 0.4) is 0 Å². The van der Waals surface area contributed by atoms with Gasteiger partial charge in [0.15, 0.2) is 0 Å². The molecule has 108 valence electrons. The van der Waals surface area contributed by atoms with E-state index in [0.717, 1.165) is 0 Å². The number of hydrogen-bond acceptors (Lipinski definition) is 3. The third kappa shape index (κ3) is 2.86. The van der Waals surface area contributed by atoms with E-state index in [2.05, 4.69) is 14.8 Å². The molecule has 0 amide bonds. The number of rotatable bonds is 4. The minimum absolute atomic E-state index is 0.0541. The smallest absolute Gasteiger partial charge is 0.387 e. The zero-order valence-corrected chi connectivity index (χ0v) is 12.2. The number of aromatic nitrogens is 3. The van der Waals surface area contributed by atoms with Crippen LogP contribution >= 0.6 is 23.2 Å². The van der Waals surface area contributed by atoms with Gasteiger partial charge in [-0.2, -0.15) is 13.9 Å². The summed E-state index contributed by atoms with van der Waals surface area (Å²) < 4.78 is 30.9. The van der Waals surface area contributed by atoms with Crippen molar-refractivity contribution in [1.82, 2.24) is 14.8 Å². The topological polar surface area (TPSA) is 39.9 Å². The van der Waals surface area contributed by atoms with Crippen LogP contribution in [0.1, 0.15) is 12.6 Å². The van der Waals surface area contributed by atoms with Gasteiger partial charge in [-0.05, 0) is 6.42 Å². The first kappa shape index (κ1) is 15.0. The van der Waals surface area contributed by atoms with E-state index in [9.17, 15) is 8.78 Å². The van der Waals surface area contributed by atoms with Crippen molar-refractivity contribution in [3.8, 4) is 17.0 Å². The minimum atomic E-state index is -2.97. The summed E-state index contributed by atoms with van der Waals surface area (Å²) in [6, 6.07) is 1.22. The van der Waals surface area contributed by atoms with Crippen molar-refractivity contribution in [2.45, 2.75) is 20.0 Å². The highest BCUT2D eigenvalue weighted by Gasteiger charge is 2.20. The highest BCUT2D eigenvalue weighted by Crippen LogP contribution is 2.37. The monoisotopic (exact) mass is 321 g/mol. The van der Waals surface area contributed by atoms with Crippen LogP contribution < -0.4 is 4.74 Å². The average molecular weight is 322 g/mol. The molecular formula is C12H11Cl2F2N3O. The molecule has 0 aliphatic rings. The van der Waals surface area contributed by atoms with E-state index in [-0.39, 0.29) is 10.9 Å². The standard InChI is InChI=1S/C12H11Cl2F2N3O/c1-3-7-10(14)11(19(2)18-7)6-5-17-9(13)4-8(6)20-12(15)16/h4-5,12H,3H2,1-2H3. The number of aryl methyl sites for hydroxylation is 2. The highest BCUT2D eigenvalue weighted by atomic mass is 35.5. The van der Waals surface area contributed by atoms with Gasteiger partial charge < -0.3 is 4.74 Å². The summed E-state index contributed by atoms with van der Waals surface area (Å²) in [5.74, 6) is -0.0902. The zero-order chi connectivity index (χ0) is 14.9. The Balaban J connectivity index is 2.60. The average Bonchev–Trinajstić information content (AvgIpc) is 2.65. The quantitative estimate of drug-likeness (QED) is 0.800. The van der Waals surface area contributed by atoms with Crippen LogP contribution in [0.4, 0.5) is 8.78 Å². The Morgan fingerprint density at radius 3 is 2.65 bits per heavy atom. The second kappa shape index (κ2) is 5.93. The summed E-state index contributed by atoms with van der Waals surface area (Å²) in [6.07, 6.45) is 1.96. The van der Waals surface area contributed by atoms with Gasteiger partial charge in [-0.15, -0.1) is 0 Å². The van der Waals surface area contributed by atoms with Gasteiger partial charge in [-0.1, -0.05) is 30.1 Å².